The van der Waals surface area contributed by atoms with Crippen molar-refractivity contribution in [3.05, 3.63) is 12.7 Å². The van der Waals surface area contributed by atoms with E-state index in [1.807, 2.05) is 0 Å². The van der Waals surface area contributed by atoms with E-state index in [9.17, 15) is 15.3 Å². The van der Waals surface area contributed by atoms with Crippen LogP contribution in [-0.4, -0.2) is 65.1 Å². The van der Waals surface area contributed by atoms with Crippen molar-refractivity contribution < 1.29 is 20.1 Å². The van der Waals surface area contributed by atoms with Gasteiger partial charge < -0.3 is 25.0 Å². The first kappa shape index (κ1) is 13.7. The lowest BCUT2D eigenvalue weighted by Crippen LogP contribution is -2.55. The second kappa shape index (κ2) is 5.26. The number of hydrogen-bond acceptors (Lipinski definition) is 8. The highest BCUT2D eigenvalue weighted by molar-refractivity contribution is 8.00. The van der Waals surface area contributed by atoms with E-state index in [-0.39, 0.29) is 0 Å². The lowest BCUT2D eigenvalue weighted by atomic mass is 10.0. The molecular formula is C11H14N4O4S. The molecule has 0 aromatic carbocycles. The highest BCUT2D eigenvalue weighted by Gasteiger charge is 2.42. The third-order valence-corrected chi connectivity index (χ3v) is 4.38. The van der Waals surface area contributed by atoms with Gasteiger partial charge in [-0.05, 0) is 6.92 Å². The van der Waals surface area contributed by atoms with Gasteiger partial charge in [-0.1, -0.05) is 11.8 Å². The van der Waals surface area contributed by atoms with E-state index in [0.29, 0.717) is 16.2 Å². The van der Waals surface area contributed by atoms with E-state index in [1.165, 1.54) is 12.7 Å². The topological polar surface area (TPSA) is 124 Å². The van der Waals surface area contributed by atoms with Crippen molar-refractivity contribution in [2.24, 2.45) is 0 Å². The highest BCUT2D eigenvalue weighted by Crippen LogP contribution is 2.34. The van der Waals surface area contributed by atoms with Gasteiger partial charge in [0.05, 0.1) is 12.4 Å². The highest BCUT2D eigenvalue weighted by atomic mass is 32.2. The molecule has 0 radical (unpaired) electrons. The number of aromatic nitrogens is 4. The molecule has 1 saturated heterocycles. The van der Waals surface area contributed by atoms with Crippen LogP contribution < -0.4 is 0 Å². The van der Waals surface area contributed by atoms with E-state index < -0.39 is 29.9 Å². The first-order valence-corrected chi connectivity index (χ1v) is 6.96. The molecule has 0 bridgehead atoms. The van der Waals surface area contributed by atoms with Gasteiger partial charge in [0.1, 0.15) is 40.6 Å². The fourth-order valence-corrected chi connectivity index (χ4v) is 3.18. The summed E-state index contributed by atoms with van der Waals surface area (Å²) in [6.45, 7) is 1.64. The molecule has 20 heavy (non-hydrogen) atoms. The summed E-state index contributed by atoms with van der Waals surface area (Å²) in [7, 11) is 0. The van der Waals surface area contributed by atoms with Crippen LogP contribution in [0.25, 0.3) is 11.2 Å². The number of nitrogens with zero attached hydrogens (tertiary/aromatic N) is 3. The van der Waals surface area contributed by atoms with Crippen LogP contribution in [0, 0.1) is 0 Å². The molecule has 0 saturated carbocycles. The monoisotopic (exact) mass is 298 g/mol. The minimum absolute atomic E-state index is 0.515. The molecule has 0 unspecified atom stereocenters. The fourth-order valence-electron chi connectivity index (χ4n) is 2.05. The number of imidazole rings is 1. The second-order valence-corrected chi connectivity index (χ2v) is 5.67. The molecule has 4 N–H and O–H groups in total. The van der Waals surface area contributed by atoms with Crippen LogP contribution in [0.3, 0.4) is 0 Å². The maximum absolute atomic E-state index is 9.98. The standard InChI is InChI=1S/C11H14N4O4S/c1-4-6(16)7(17)8(18)11(19-4)20-10-5-9(13-2-12-5)14-3-15-10/h2-4,6-8,11,16-18H,1H3,(H,12,13,14,15)/t4-,6-,7+,8-,11+/m1/s1. The molecule has 5 atom stereocenters. The molecule has 0 aliphatic carbocycles. The SMILES string of the molecule is C[C@H]1O[C@@H](Sc2ncnc3nc[nH]c23)[C@H](O)[C@@H](O)[C@@H]1O. The van der Waals surface area contributed by atoms with Crippen molar-refractivity contribution in [2.45, 2.75) is 41.8 Å². The Morgan fingerprint density at radius 2 is 1.95 bits per heavy atom. The molecule has 0 amide bonds. The van der Waals surface area contributed by atoms with Gasteiger partial charge in [0.15, 0.2) is 5.65 Å². The van der Waals surface area contributed by atoms with Gasteiger partial charge in [-0.25, -0.2) is 15.0 Å². The van der Waals surface area contributed by atoms with Gasteiger partial charge in [-0.3, -0.25) is 0 Å². The molecule has 108 valence electrons. The average Bonchev–Trinajstić information content (AvgIpc) is 2.92. The van der Waals surface area contributed by atoms with E-state index in [1.54, 1.807) is 6.92 Å². The zero-order valence-corrected chi connectivity index (χ0v) is 11.4. The van der Waals surface area contributed by atoms with E-state index >= 15 is 0 Å². The number of ether oxygens (including phenoxy) is 1. The number of fused-ring (bicyclic) bond motifs is 1. The molecule has 0 spiro atoms. The lowest BCUT2D eigenvalue weighted by molar-refractivity contribution is -0.192. The van der Waals surface area contributed by atoms with Crippen LogP contribution in [0.1, 0.15) is 6.92 Å². The van der Waals surface area contributed by atoms with Gasteiger partial charge >= 0.3 is 0 Å². The summed E-state index contributed by atoms with van der Waals surface area (Å²) in [5.74, 6) is 0. The smallest absolute Gasteiger partial charge is 0.181 e. The maximum Gasteiger partial charge on any atom is 0.181 e. The Hall–Kier alpha value is -1.26. The second-order valence-electron chi connectivity index (χ2n) is 4.58. The van der Waals surface area contributed by atoms with Gasteiger partial charge in [0.2, 0.25) is 0 Å². The van der Waals surface area contributed by atoms with Gasteiger partial charge in [0.25, 0.3) is 0 Å². The van der Waals surface area contributed by atoms with Gasteiger partial charge in [-0.2, -0.15) is 0 Å². The number of nitrogens with one attached hydrogen (secondary N) is 1. The first-order valence-electron chi connectivity index (χ1n) is 6.08. The van der Waals surface area contributed by atoms with E-state index in [2.05, 4.69) is 19.9 Å². The zero-order chi connectivity index (χ0) is 14.3. The summed E-state index contributed by atoms with van der Waals surface area (Å²) in [4.78, 5) is 15.1. The molecule has 9 heteroatoms. The number of aliphatic hydroxyl groups is 3. The quantitative estimate of drug-likeness (QED) is 0.535. The lowest BCUT2D eigenvalue weighted by Gasteiger charge is -2.38. The van der Waals surface area contributed by atoms with Crippen LogP contribution in [0.15, 0.2) is 17.7 Å². The van der Waals surface area contributed by atoms with Crippen LogP contribution in [0.4, 0.5) is 0 Å². The third-order valence-electron chi connectivity index (χ3n) is 3.22. The summed E-state index contributed by atoms with van der Waals surface area (Å²) in [6, 6.07) is 0. The summed E-state index contributed by atoms with van der Waals surface area (Å²) < 4.78 is 5.52. The predicted octanol–water partition coefficient (Wildman–Crippen LogP) is -0.728. The van der Waals surface area contributed by atoms with Crippen LogP contribution in [0.5, 0.6) is 0 Å². The van der Waals surface area contributed by atoms with Crippen LogP contribution in [0.2, 0.25) is 0 Å². The molecule has 2 aromatic rings. The number of thioether (sulfide) groups is 1. The summed E-state index contributed by atoms with van der Waals surface area (Å²) >= 11 is 1.15. The van der Waals surface area contributed by atoms with E-state index in [4.69, 9.17) is 4.74 Å². The summed E-state index contributed by atoms with van der Waals surface area (Å²) in [5, 5.41) is 30.0. The Bertz CT molecular complexity index is 609. The van der Waals surface area contributed by atoms with Crippen molar-refractivity contribution >= 4 is 22.9 Å². The number of hydrogen-bond donors (Lipinski definition) is 4. The van der Waals surface area contributed by atoms with Crippen LogP contribution in [-0.2, 0) is 4.74 Å². The Labute approximate surface area is 118 Å². The van der Waals surface area contributed by atoms with Gasteiger partial charge in [0, 0.05) is 0 Å². The molecule has 2 aromatic heterocycles. The normalized spacial score (nSPS) is 34.5. The minimum atomic E-state index is -1.25. The molecule has 3 rings (SSSR count). The predicted molar refractivity (Wildman–Crippen MR) is 69.9 cm³/mol. The number of aromatic amines is 1. The molecule has 1 aliphatic heterocycles. The zero-order valence-electron chi connectivity index (χ0n) is 10.5. The molecule has 8 nitrogen and oxygen atoms in total. The Morgan fingerprint density at radius 1 is 1.15 bits per heavy atom. The minimum Gasteiger partial charge on any atom is -0.388 e. The maximum atomic E-state index is 9.98. The molecule has 1 aliphatic rings. The van der Waals surface area contributed by atoms with E-state index in [0.717, 1.165) is 11.8 Å². The van der Waals surface area contributed by atoms with Crippen molar-refractivity contribution in [2.75, 3.05) is 0 Å². The molecule has 3 heterocycles. The number of rotatable bonds is 2. The first-order chi connectivity index (χ1) is 9.58. The van der Waals surface area contributed by atoms with Crippen molar-refractivity contribution in [3.8, 4) is 0 Å². The van der Waals surface area contributed by atoms with Crippen molar-refractivity contribution in [1.82, 2.24) is 19.9 Å². The Morgan fingerprint density at radius 3 is 2.75 bits per heavy atom. The van der Waals surface area contributed by atoms with Crippen LogP contribution >= 0.6 is 11.8 Å². The molecular weight excluding hydrogens is 284 g/mol. The number of H-pyrrole nitrogens is 1. The average molecular weight is 298 g/mol. The third kappa shape index (κ3) is 2.27. The Kier molecular flexibility index (Phi) is 3.61. The Balaban J connectivity index is 1.85. The number of aliphatic hydroxyl groups excluding tert-OH is 3. The van der Waals surface area contributed by atoms with Crippen molar-refractivity contribution in [1.29, 1.82) is 0 Å². The fraction of sp³-hybridized carbons (Fsp3) is 0.545. The summed E-state index contributed by atoms with van der Waals surface area (Å²) in [6.07, 6.45) is -1.28. The molecule has 1 fully saturated rings. The summed E-state index contributed by atoms with van der Waals surface area (Å²) in [5.41, 5.74) is 0.424. The van der Waals surface area contributed by atoms with Gasteiger partial charge in [-0.15, -0.1) is 0 Å². The van der Waals surface area contributed by atoms with Crippen molar-refractivity contribution in [3.63, 3.8) is 0 Å². The largest absolute Gasteiger partial charge is 0.388 e.